The minimum Gasteiger partial charge on any atom is -0.358 e. The number of nitrogens with zero attached hydrogens (tertiary/aromatic N) is 1. The molecule has 2 heterocycles. The Hall–Kier alpha value is -3.33. The number of aromatic amines is 1. The molecule has 0 aliphatic carbocycles. The van der Waals surface area contributed by atoms with E-state index >= 15 is 0 Å². The van der Waals surface area contributed by atoms with Crippen LogP contribution in [0.3, 0.4) is 0 Å². The highest BCUT2D eigenvalue weighted by molar-refractivity contribution is 5.86. The smallest absolute Gasteiger partial charge is 0.227 e. The molecule has 3 heteroatoms. The van der Waals surface area contributed by atoms with Crippen molar-refractivity contribution in [1.29, 1.82) is 0 Å². The summed E-state index contributed by atoms with van der Waals surface area (Å²) in [6, 6.07) is 27.0. The van der Waals surface area contributed by atoms with Crippen molar-refractivity contribution >= 4 is 16.8 Å². The molecule has 0 unspecified atom stereocenters. The van der Waals surface area contributed by atoms with Crippen LogP contribution in [0.15, 0.2) is 78.9 Å². The Morgan fingerprint density at radius 2 is 1.57 bits per heavy atom. The average molecular weight is 366 g/mol. The summed E-state index contributed by atoms with van der Waals surface area (Å²) in [5, 5.41) is 1.24. The van der Waals surface area contributed by atoms with Gasteiger partial charge in [-0.05, 0) is 22.8 Å². The van der Waals surface area contributed by atoms with Gasteiger partial charge < -0.3 is 9.88 Å². The van der Waals surface area contributed by atoms with E-state index in [4.69, 9.17) is 0 Å². The SMILES string of the molecule is O=C(Cc1ccc(-c2ccccc2)cc1)N1CCc2[nH]c3ccccc3c2C1. The van der Waals surface area contributed by atoms with Crippen LogP contribution in [-0.2, 0) is 24.2 Å². The third kappa shape index (κ3) is 3.09. The fraction of sp³-hybridized carbons (Fsp3) is 0.160. The van der Waals surface area contributed by atoms with E-state index in [1.165, 1.54) is 33.3 Å². The summed E-state index contributed by atoms with van der Waals surface area (Å²) in [6.45, 7) is 1.47. The van der Waals surface area contributed by atoms with Crippen molar-refractivity contribution in [2.24, 2.45) is 0 Å². The van der Waals surface area contributed by atoms with Crippen molar-refractivity contribution < 1.29 is 4.79 Å². The highest BCUT2D eigenvalue weighted by atomic mass is 16.2. The van der Waals surface area contributed by atoms with Crippen LogP contribution in [-0.4, -0.2) is 22.3 Å². The Balaban J connectivity index is 1.31. The number of aromatic nitrogens is 1. The first-order valence-electron chi connectivity index (χ1n) is 9.78. The lowest BCUT2D eigenvalue weighted by molar-refractivity contribution is -0.131. The van der Waals surface area contributed by atoms with Gasteiger partial charge >= 0.3 is 0 Å². The van der Waals surface area contributed by atoms with Crippen LogP contribution < -0.4 is 0 Å². The molecule has 0 spiro atoms. The maximum absolute atomic E-state index is 12.9. The number of amides is 1. The van der Waals surface area contributed by atoms with Gasteiger partial charge in [-0.15, -0.1) is 0 Å². The van der Waals surface area contributed by atoms with Crippen molar-refractivity contribution in [3.05, 3.63) is 95.7 Å². The monoisotopic (exact) mass is 366 g/mol. The standard InChI is InChI=1S/C25H22N2O/c28-25(16-18-10-12-20(13-11-18)19-6-2-1-3-7-19)27-15-14-24-22(17-27)21-8-4-5-9-23(21)26-24/h1-13,26H,14-17H2. The van der Waals surface area contributed by atoms with Crippen LogP contribution in [0.5, 0.6) is 0 Å². The predicted molar refractivity (Wildman–Crippen MR) is 113 cm³/mol. The number of fused-ring (bicyclic) bond motifs is 3. The van der Waals surface area contributed by atoms with Gasteiger partial charge in [-0.25, -0.2) is 0 Å². The lowest BCUT2D eigenvalue weighted by Gasteiger charge is -2.27. The summed E-state index contributed by atoms with van der Waals surface area (Å²) >= 11 is 0. The Morgan fingerprint density at radius 1 is 0.857 bits per heavy atom. The predicted octanol–water partition coefficient (Wildman–Crippen LogP) is 4.96. The summed E-state index contributed by atoms with van der Waals surface area (Å²) in [5.41, 5.74) is 7.15. The second-order valence-corrected chi connectivity index (χ2v) is 7.43. The molecule has 1 aliphatic heterocycles. The molecule has 0 bridgehead atoms. The number of hydrogen-bond donors (Lipinski definition) is 1. The highest BCUT2D eigenvalue weighted by Gasteiger charge is 2.23. The zero-order chi connectivity index (χ0) is 18.9. The molecular weight excluding hydrogens is 344 g/mol. The van der Waals surface area contributed by atoms with Crippen LogP contribution in [0.4, 0.5) is 0 Å². The zero-order valence-electron chi connectivity index (χ0n) is 15.7. The van der Waals surface area contributed by atoms with Crippen molar-refractivity contribution in [2.45, 2.75) is 19.4 Å². The fourth-order valence-electron chi connectivity index (χ4n) is 4.11. The quantitative estimate of drug-likeness (QED) is 0.546. The highest BCUT2D eigenvalue weighted by Crippen LogP contribution is 2.28. The van der Waals surface area contributed by atoms with Gasteiger partial charge in [-0.3, -0.25) is 4.79 Å². The number of benzene rings is 3. The average Bonchev–Trinajstić information content (AvgIpc) is 3.13. The molecule has 1 amide bonds. The second-order valence-electron chi connectivity index (χ2n) is 7.43. The first-order valence-corrected chi connectivity index (χ1v) is 9.78. The van der Waals surface area contributed by atoms with Gasteiger partial charge in [-0.2, -0.15) is 0 Å². The normalized spacial score (nSPS) is 13.5. The first kappa shape index (κ1) is 16.8. The van der Waals surface area contributed by atoms with E-state index in [1.807, 2.05) is 29.2 Å². The van der Waals surface area contributed by atoms with Crippen molar-refractivity contribution in [2.75, 3.05) is 6.54 Å². The van der Waals surface area contributed by atoms with Crippen LogP contribution >= 0.6 is 0 Å². The summed E-state index contributed by atoms with van der Waals surface area (Å²) < 4.78 is 0. The number of carbonyl (C=O) groups is 1. The van der Waals surface area contributed by atoms with Gasteiger partial charge in [0.05, 0.1) is 6.42 Å². The molecule has 1 N–H and O–H groups in total. The number of carbonyl (C=O) groups excluding carboxylic acids is 1. The van der Waals surface area contributed by atoms with Gasteiger partial charge in [0.1, 0.15) is 0 Å². The summed E-state index contributed by atoms with van der Waals surface area (Å²) in [6.07, 6.45) is 1.34. The molecule has 28 heavy (non-hydrogen) atoms. The van der Waals surface area contributed by atoms with E-state index in [2.05, 4.69) is 59.6 Å². The van der Waals surface area contributed by atoms with Gasteiger partial charge in [-0.1, -0.05) is 72.8 Å². The topological polar surface area (TPSA) is 36.1 Å². The maximum Gasteiger partial charge on any atom is 0.227 e. The first-order chi connectivity index (χ1) is 13.8. The second kappa shape index (κ2) is 7.01. The molecular formula is C25H22N2O. The summed E-state index contributed by atoms with van der Waals surface area (Å²) in [5.74, 6) is 0.198. The molecule has 3 nitrogen and oxygen atoms in total. The molecule has 4 aromatic rings. The summed E-state index contributed by atoms with van der Waals surface area (Å²) in [4.78, 5) is 18.4. The minimum atomic E-state index is 0.198. The Labute approximate surface area is 164 Å². The van der Waals surface area contributed by atoms with Crippen LogP contribution in [0.25, 0.3) is 22.0 Å². The van der Waals surface area contributed by atoms with Crippen molar-refractivity contribution in [3.63, 3.8) is 0 Å². The molecule has 1 aliphatic rings. The Kier molecular flexibility index (Phi) is 4.21. The van der Waals surface area contributed by atoms with E-state index in [0.717, 1.165) is 18.5 Å². The fourth-order valence-corrected chi connectivity index (χ4v) is 4.11. The zero-order valence-corrected chi connectivity index (χ0v) is 15.7. The Morgan fingerprint density at radius 3 is 2.39 bits per heavy atom. The van der Waals surface area contributed by atoms with Crippen molar-refractivity contribution in [3.8, 4) is 11.1 Å². The lowest BCUT2D eigenvalue weighted by atomic mass is 10.0. The van der Waals surface area contributed by atoms with Crippen LogP contribution in [0.2, 0.25) is 0 Å². The number of rotatable bonds is 3. The largest absolute Gasteiger partial charge is 0.358 e. The van der Waals surface area contributed by atoms with Crippen molar-refractivity contribution in [1.82, 2.24) is 9.88 Å². The number of hydrogen-bond acceptors (Lipinski definition) is 1. The molecule has 1 aromatic heterocycles. The van der Waals surface area contributed by atoms with Gasteiger partial charge in [0.2, 0.25) is 5.91 Å². The minimum absolute atomic E-state index is 0.198. The molecule has 0 radical (unpaired) electrons. The third-order valence-electron chi connectivity index (χ3n) is 5.65. The van der Waals surface area contributed by atoms with E-state index in [0.29, 0.717) is 13.0 Å². The van der Waals surface area contributed by atoms with E-state index in [9.17, 15) is 4.79 Å². The number of para-hydroxylation sites is 1. The molecule has 5 rings (SSSR count). The Bertz CT molecular complexity index is 1130. The van der Waals surface area contributed by atoms with Crippen LogP contribution in [0.1, 0.15) is 16.8 Å². The molecule has 0 saturated carbocycles. The lowest BCUT2D eigenvalue weighted by Crippen LogP contribution is -2.36. The molecule has 0 atom stereocenters. The van der Waals surface area contributed by atoms with Crippen LogP contribution in [0, 0.1) is 0 Å². The third-order valence-corrected chi connectivity index (χ3v) is 5.65. The van der Waals surface area contributed by atoms with Gasteiger partial charge in [0.15, 0.2) is 0 Å². The molecule has 0 saturated heterocycles. The number of nitrogens with one attached hydrogen (secondary N) is 1. The summed E-state index contributed by atoms with van der Waals surface area (Å²) in [7, 11) is 0. The van der Waals surface area contributed by atoms with E-state index in [-0.39, 0.29) is 5.91 Å². The molecule has 138 valence electrons. The van der Waals surface area contributed by atoms with Gasteiger partial charge in [0, 0.05) is 41.7 Å². The number of H-pyrrole nitrogens is 1. The van der Waals surface area contributed by atoms with E-state index < -0.39 is 0 Å². The molecule has 3 aromatic carbocycles. The maximum atomic E-state index is 12.9. The molecule has 0 fully saturated rings. The van der Waals surface area contributed by atoms with Gasteiger partial charge in [0.25, 0.3) is 0 Å². The van der Waals surface area contributed by atoms with E-state index in [1.54, 1.807) is 0 Å².